The maximum absolute atomic E-state index is 8.60. The molecule has 0 amide bonds. The summed E-state index contributed by atoms with van der Waals surface area (Å²) in [4.78, 5) is 0. The summed E-state index contributed by atoms with van der Waals surface area (Å²) in [6.45, 7) is 3.04. The van der Waals surface area contributed by atoms with Gasteiger partial charge in [-0.1, -0.05) is 13.3 Å². The van der Waals surface area contributed by atoms with Crippen LogP contribution in [0.3, 0.4) is 0 Å². The van der Waals surface area contributed by atoms with Gasteiger partial charge < -0.3 is 10.8 Å². The summed E-state index contributed by atoms with van der Waals surface area (Å²) in [6, 6.07) is 0. The maximum atomic E-state index is 8.60. The third-order valence-corrected chi connectivity index (χ3v) is 1.41. The smallest absolute Gasteiger partial charge is 0.0459 e. The van der Waals surface area contributed by atoms with Gasteiger partial charge in [-0.25, -0.2) is 0 Å². The Morgan fingerprint density at radius 2 is 2.25 bits per heavy atom. The predicted molar refractivity (Wildman–Crippen MR) is 34.5 cm³/mol. The molecule has 0 aromatic heterocycles. The molecule has 0 heterocycles. The van der Waals surface area contributed by atoms with Crippen molar-refractivity contribution in [2.75, 3.05) is 13.2 Å². The number of hydrogen-bond donors (Lipinski definition) is 2. The van der Waals surface area contributed by atoms with Crippen molar-refractivity contribution in [2.24, 2.45) is 11.7 Å². The Kier molecular flexibility index (Phi) is 5.01. The molecule has 0 spiro atoms. The molecule has 0 aliphatic carbocycles. The first kappa shape index (κ1) is 7.92. The first-order valence-corrected chi connectivity index (χ1v) is 3.16. The molecule has 1 unspecified atom stereocenters. The lowest BCUT2D eigenvalue weighted by Crippen LogP contribution is -2.10. The molecule has 0 rings (SSSR count). The SMILES string of the molecule is CCC(CO)CCN. The van der Waals surface area contributed by atoms with Gasteiger partial charge in [0.1, 0.15) is 0 Å². The number of hydrogen-bond acceptors (Lipinski definition) is 2. The largest absolute Gasteiger partial charge is 0.396 e. The first-order chi connectivity index (χ1) is 3.85. The molecule has 0 aliphatic heterocycles. The molecule has 0 fully saturated rings. The molecule has 3 N–H and O–H groups in total. The lowest BCUT2D eigenvalue weighted by atomic mass is 10.0. The molecule has 2 nitrogen and oxygen atoms in total. The van der Waals surface area contributed by atoms with Gasteiger partial charge in [-0.05, 0) is 18.9 Å². The predicted octanol–water partition coefficient (Wildman–Crippen LogP) is 0.354. The van der Waals surface area contributed by atoms with E-state index in [1.807, 2.05) is 0 Å². The molecule has 2 heteroatoms. The van der Waals surface area contributed by atoms with Gasteiger partial charge in [-0.2, -0.15) is 0 Å². The standard InChI is InChI=1S/C6H15NO/c1-2-6(5-8)3-4-7/h6,8H,2-5,7H2,1H3. The molecule has 0 aliphatic rings. The Balaban J connectivity index is 3.07. The lowest BCUT2D eigenvalue weighted by molar-refractivity contribution is 0.216. The van der Waals surface area contributed by atoms with Crippen molar-refractivity contribution in [3.05, 3.63) is 0 Å². The minimum atomic E-state index is 0.285. The average Bonchev–Trinajstić information content (AvgIpc) is 1.83. The van der Waals surface area contributed by atoms with E-state index in [9.17, 15) is 0 Å². The van der Waals surface area contributed by atoms with E-state index in [4.69, 9.17) is 10.8 Å². The number of nitrogens with two attached hydrogens (primary N) is 1. The van der Waals surface area contributed by atoms with E-state index in [2.05, 4.69) is 6.92 Å². The van der Waals surface area contributed by atoms with Crippen LogP contribution in [0.5, 0.6) is 0 Å². The number of aliphatic hydroxyl groups excluding tert-OH is 1. The van der Waals surface area contributed by atoms with Crippen molar-refractivity contribution in [1.29, 1.82) is 0 Å². The highest BCUT2D eigenvalue weighted by Crippen LogP contribution is 2.03. The molecule has 8 heavy (non-hydrogen) atoms. The first-order valence-electron chi connectivity index (χ1n) is 3.16. The van der Waals surface area contributed by atoms with Gasteiger partial charge in [0, 0.05) is 6.61 Å². The molecule has 0 bridgehead atoms. The van der Waals surface area contributed by atoms with Crippen LogP contribution in [0.2, 0.25) is 0 Å². The minimum Gasteiger partial charge on any atom is -0.396 e. The highest BCUT2D eigenvalue weighted by molar-refractivity contribution is 4.53. The molecular formula is C6H15NO. The zero-order valence-corrected chi connectivity index (χ0v) is 5.43. The van der Waals surface area contributed by atoms with Crippen LogP contribution in [0, 0.1) is 5.92 Å². The van der Waals surface area contributed by atoms with Crippen LogP contribution < -0.4 is 5.73 Å². The van der Waals surface area contributed by atoms with Crippen LogP contribution in [-0.2, 0) is 0 Å². The highest BCUT2D eigenvalue weighted by atomic mass is 16.3. The fraction of sp³-hybridized carbons (Fsp3) is 1.00. The molecule has 0 saturated heterocycles. The summed E-state index contributed by atoms with van der Waals surface area (Å²) in [5, 5.41) is 8.60. The lowest BCUT2D eigenvalue weighted by Gasteiger charge is -2.07. The van der Waals surface area contributed by atoms with Gasteiger partial charge in [0.2, 0.25) is 0 Å². The monoisotopic (exact) mass is 117 g/mol. The third kappa shape index (κ3) is 2.99. The third-order valence-electron chi connectivity index (χ3n) is 1.41. The van der Waals surface area contributed by atoms with Gasteiger partial charge in [0.25, 0.3) is 0 Å². The fourth-order valence-corrected chi connectivity index (χ4v) is 0.660. The van der Waals surface area contributed by atoms with Crippen molar-refractivity contribution in [3.8, 4) is 0 Å². The zero-order chi connectivity index (χ0) is 6.41. The van der Waals surface area contributed by atoms with E-state index >= 15 is 0 Å². The van der Waals surface area contributed by atoms with Crippen LogP contribution in [0.25, 0.3) is 0 Å². The van der Waals surface area contributed by atoms with E-state index in [0.717, 1.165) is 12.8 Å². The summed E-state index contributed by atoms with van der Waals surface area (Å²) in [6.07, 6.45) is 1.99. The second-order valence-electron chi connectivity index (χ2n) is 2.03. The molecular weight excluding hydrogens is 102 g/mol. The summed E-state index contributed by atoms with van der Waals surface area (Å²) in [5.41, 5.74) is 5.27. The van der Waals surface area contributed by atoms with Gasteiger partial charge in [0.15, 0.2) is 0 Å². The Morgan fingerprint density at radius 1 is 1.62 bits per heavy atom. The molecule has 1 atom stereocenters. The quantitative estimate of drug-likeness (QED) is 0.558. The topological polar surface area (TPSA) is 46.2 Å². The van der Waals surface area contributed by atoms with Crippen LogP contribution in [0.1, 0.15) is 19.8 Å². The fourth-order valence-electron chi connectivity index (χ4n) is 0.660. The summed E-state index contributed by atoms with van der Waals surface area (Å²) in [7, 11) is 0. The Labute approximate surface area is 50.7 Å². The van der Waals surface area contributed by atoms with Crippen LogP contribution in [0.4, 0.5) is 0 Å². The minimum absolute atomic E-state index is 0.285. The van der Waals surface area contributed by atoms with Crippen molar-refractivity contribution < 1.29 is 5.11 Å². The van der Waals surface area contributed by atoms with Crippen LogP contribution in [-0.4, -0.2) is 18.3 Å². The van der Waals surface area contributed by atoms with Gasteiger partial charge in [0.05, 0.1) is 0 Å². The average molecular weight is 117 g/mol. The van der Waals surface area contributed by atoms with E-state index in [1.165, 1.54) is 0 Å². The summed E-state index contributed by atoms with van der Waals surface area (Å²) < 4.78 is 0. The van der Waals surface area contributed by atoms with Crippen molar-refractivity contribution in [2.45, 2.75) is 19.8 Å². The number of rotatable bonds is 4. The van der Waals surface area contributed by atoms with E-state index in [-0.39, 0.29) is 6.61 Å². The highest BCUT2D eigenvalue weighted by Gasteiger charge is 2.00. The van der Waals surface area contributed by atoms with E-state index < -0.39 is 0 Å². The molecule has 0 aromatic carbocycles. The second kappa shape index (κ2) is 5.06. The molecule has 0 aromatic rings. The molecule has 50 valence electrons. The van der Waals surface area contributed by atoms with Gasteiger partial charge >= 0.3 is 0 Å². The zero-order valence-electron chi connectivity index (χ0n) is 5.43. The van der Waals surface area contributed by atoms with E-state index in [0.29, 0.717) is 12.5 Å². The van der Waals surface area contributed by atoms with E-state index in [1.54, 1.807) is 0 Å². The maximum Gasteiger partial charge on any atom is 0.0459 e. The van der Waals surface area contributed by atoms with Gasteiger partial charge in [-0.15, -0.1) is 0 Å². The van der Waals surface area contributed by atoms with Crippen molar-refractivity contribution in [3.63, 3.8) is 0 Å². The molecule has 0 saturated carbocycles. The number of aliphatic hydroxyl groups is 1. The summed E-state index contributed by atoms with van der Waals surface area (Å²) in [5.74, 6) is 0.431. The van der Waals surface area contributed by atoms with Crippen molar-refractivity contribution in [1.82, 2.24) is 0 Å². The van der Waals surface area contributed by atoms with Crippen LogP contribution in [0.15, 0.2) is 0 Å². The Morgan fingerprint density at radius 3 is 2.38 bits per heavy atom. The summed E-state index contributed by atoms with van der Waals surface area (Å²) >= 11 is 0. The van der Waals surface area contributed by atoms with Crippen LogP contribution >= 0.6 is 0 Å². The van der Waals surface area contributed by atoms with Crippen molar-refractivity contribution >= 4 is 0 Å². The Bertz CT molecular complexity index is 43.8. The Hall–Kier alpha value is -0.0800. The van der Waals surface area contributed by atoms with Gasteiger partial charge in [-0.3, -0.25) is 0 Å². The normalized spacial score (nSPS) is 13.9. The molecule has 0 radical (unpaired) electrons. The second-order valence-corrected chi connectivity index (χ2v) is 2.03.